The first-order valence-corrected chi connectivity index (χ1v) is 6.66. The van der Waals surface area contributed by atoms with Crippen molar-refractivity contribution in [1.29, 1.82) is 0 Å². The molecule has 2 N–H and O–H groups in total. The molecule has 0 aromatic heterocycles. The van der Waals surface area contributed by atoms with Crippen LogP contribution < -0.4 is 10.1 Å². The maximum atomic E-state index is 13.3. The molecule has 2 aliphatic rings. The summed E-state index contributed by atoms with van der Waals surface area (Å²) in [5, 5.41) is 12.4. The summed E-state index contributed by atoms with van der Waals surface area (Å²) < 4.78 is 29.2. The van der Waals surface area contributed by atoms with E-state index in [0.717, 1.165) is 6.07 Å². The Morgan fingerprint density at radius 3 is 2.90 bits per heavy atom. The number of rotatable bonds is 3. The Balaban J connectivity index is 1.74. The number of hydrogen-bond donors (Lipinski definition) is 2. The average molecular weight is 297 g/mol. The van der Waals surface area contributed by atoms with Crippen LogP contribution in [0.4, 0.5) is 4.39 Å². The molecule has 0 unspecified atom stereocenters. The summed E-state index contributed by atoms with van der Waals surface area (Å²) in [5.41, 5.74) is 0.111. The quantitative estimate of drug-likeness (QED) is 0.827. The summed E-state index contributed by atoms with van der Waals surface area (Å²) >= 11 is 0. The van der Waals surface area contributed by atoms with Crippen molar-refractivity contribution in [2.24, 2.45) is 0 Å². The van der Waals surface area contributed by atoms with E-state index in [4.69, 9.17) is 14.2 Å². The molecule has 0 radical (unpaired) electrons. The topological polar surface area (TPSA) is 77.0 Å². The Kier molecular flexibility index (Phi) is 3.79. The summed E-state index contributed by atoms with van der Waals surface area (Å²) in [6.07, 6.45) is -1.49. The van der Waals surface area contributed by atoms with Gasteiger partial charge in [0.25, 0.3) is 5.91 Å². The number of amides is 1. The molecule has 6 nitrogen and oxygen atoms in total. The van der Waals surface area contributed by atoms with Gasteiger partial charge >= 0.3 is 0 Å². The highest BCUT2D eigenvalue weighted by Crippen LogP contribution is 2.27. The predicted molar refractivity (Wildman–Crippen MR) is 69.7 cm³/mol. The van der Waals surface area contributed by atoms with E-state index < -0.39 is 23.9 Å². The van der Waals surface area contributed by atoms with Crippen LogP contribution in [0, 0.1) is 5.82 Å². The number of carbonyl (C=O) groups excluding carboxylic acids is 1. The number of hydrogen-bond acceptors (Lipinski definition) is 5. The van der Waals surface area contributed by atoms with Crippen LogP contribution in [0.25, 0.3) is 0 Å². The van der Waals surface area contributed by atoms with E-state index in [1.165, 1.54) is 19.2 Å². The Morgan fingerprint density at radius 2 is 2.14 bits per heavy atom. The number of halogens is 1. The third-order valence-electron chi connectivity index (χ3n) is 3.75. The lowest BCUT2D eigenvalue weighted by molar-refractivity contribution is 0.0178. The van der Waals surface area contributed by atoms with Crippen molar-refractivity contribution in [3.8, 4) is 5.75 Å². The standard InChI is InChI=1S/C14H16FNO5/c1-19-11-3-2-7(15)4-8(11)14(18)16-9-5-20-13-10(17)6-21-12(9)13/h2-4,9-10,12-13,17H,5-6H2,1H3,(H,16,18)/t9-,10+,12+,13+/m0/s1. The highest BCUT2D eigenvalue weighted by molar-refractivity contribution is 5.97. The summed E-state index contributed by atoms with van der Waals surface area (Å²) in [5.74, 6) is -0.698. The van der Waals surface area contributed by atoms with Crippen LogP contribution in [0.15, 0.2) is 18.2 Å². The first-order valence-electron chi connectivity index (χ1n) is 6.66. The molecule has 1 aromatic carbocycles. The molecule has 0 aliphatic carbocycles. The van der Waals surface area contributed by atoms with Crippen molar-refractivity contribution in [3.63, 3.8) is 0 Å². The molecular weight excluding hydrogens is 281 g/mol. The molecule has 2 aliphatic heterocycles. The number of benzene rings is 1. The third-order valence-corrected chi connectivity index (χ3v) is 3.75. The van der Waals surface area contributed by atoms with Crippen molar-refractivity contribution < 1.29 is 28.5 Å². The van der Waals surface area contributed by atoms with E-state index in [-0.39, 0.29) is 36.7 Å². The second-order valence-electron chi connectivity index (χ2n) is 5.09. The summed E-state index contributed by atoms with van der Waals surface area (Å²) in [7, 11) is 1.41. The molecule has 7 heteroatoms. The van der Waals surface area contributed by atoms with Crippen molar-refractivity contribution >= 4 is 5.91 Å². The minimum Gasteiger partial charge on any atom is -0.496 e. The van der Waals surface area contributed by atoms with E-state index in [2.05, 4.69) is 5.32 Å². The zero-order valence-corrected chi connectivity index (χ0v) is 11.4. The molecule has 21 heavy (non-hydrogen) atoms. The Bertz CT molecular complexity index is 552. The maximum Gasteiger partial charge on any atom is 0.255 e. The largest absolute Gasteiger partial charge is 0.496 e. The number of nitrogens with one attached hydrogen (secondary N) is 1. The zero-order chi connectivity index (χ0) is 15.0. The molecule has 2 heterocycles. The van der Waals surface area contributed by atoms with Gasteiger partial charge in [0.15, 0.2) is 0 Å². The fourth-order valence-electron chi connectivity index (χ4n) is 2.71. The molecule has 1 amide bonds. The molecule has 4 atom stereocenters. The fraction of sp³-hybridized carbons (Fsp3) is 0.500. The maximum absolute atomic E-state index is 13.3. The predicted octanol–water partition coefficient (Wildman–Crippen LogP) is 0.0912. The van der Waals surface area contributed by atoms with Crippen LogP contribution in [0.5, 0.6) is 5.75 Å². The molecule has 0 spiro atoms. The normalized spacial score (nSPS) is 31.0. The highest BCUT2D eigenvalue weighted by Gasteiger charge is 2.47. The minimum atomic E-state index is -0.680. The van der Waals surface area contributed by atoms with Gasteiger partial charge in [-0.15, -0.1) is 0 Å². The monoisotopic (exact) mass is 297 g/mol. The molecule has 0 saturated carbocycles. The number of aliphatic hydroxyl groups excluding tert-OH is 1. The van der Waals surface area contributed by atoms with Crippen LogP contribution >= 0.6 is 0 Å². The Hall–Kier alpha value is -1.70. The first-order chi connectivity index (χ1) is 10.1. The van der Waals surface area contributed by atoms with Crippen LogP contribution in [0.2, 0.25) is 0 Å². The summed E-state index contributed by atoms with van der Waals surface area (Å²) in [4.78, 5) is 12.3. The van der Waals surface area contributed by atoms with Gasteiger partial charge < -0.3 is 24.6 Å². The van der Waals surface area contributed by atoms with Gasteiger partial charge in [-0.1, -0.05) is 0 Å². The van der Waals surface area contributed by atoms with Crippen LogP contribution in [0.3, 0.4) is 0 Å². The van der Waals surface area contributed by atoms with E-state index in [1.807, 2.05) is 0 Å². The van der Waals surface area contributed by atoms with E-state index in [0.29, 0.717) is 0 Å². The summed E-state index contributed by atoms with van der Waals surface area (Å²) in [6, 6.07) is 3.35. The summed E-state index contributed by atoms with van der Waals surface area (Å²) in [6.45, 7) is 0.431. The lowest BCUT2D eigenvalue weighted by Crippen LogP contribution is -2.44. The van der Waals surface area contributed by atoms with Crippen LogP contribution in [-0.2, 0) is 9.47 Å². The fourth-order valence-corrected chi connectivity index (χ4v) is 2.71. The number of methoxy groups -OCH3 is 1. The van der Waals surface area contributed by atoms with Gasteiger partial charge in [0.05, 0.1) is 31.9 Å². The third kappa shape index (κ3) is 2.59. The zero-order valence-electron chi connectivity index (χ0n) is 11.4. The van der Waals surface area contributed by atoms with Crippen LogP contribution in [0.1, 0.15) is 10.4 Å². The van der Waals surface area contributed by atoms with Crippen LogP contribution in [-0.4, -0.2) is 55.7 Å². The lowest BCUT2D eigenvalue weighted by Gasteiger charge is -2.18. The van der Waals surface area contributed by atoms with E-state index in [1.54, 1.807) is 0 Å². The molecule has 2 fully saturated rings. The molecule has 0 bridgehead atoms. The van der Waals surface area contributed by atoms with Crippen molar-refractivity contribution in [1.82, 2.24) is 5.32 Å². The van der Waals surface area contributed by atoms with Gasteiger partial charge in [-0.3, -0.25) is 4.79 Å². The number of ether oxygens (including phenoxy) is 3. The van der Waals surface area contributed by atoms with Gasteiger partial charge in [-0.2, -0.15) is 0 Å². The van der Waals surface area contributed by atoms with Gasteiger partial charge in [0, 0.05) is 0 Å². The second-order valence-corrected chi connectivity index (χ2v) is 5.09. The van der Waals surface area contributed by atoms with Gasteiger partial charge in [-0.25, -0.2) is 4.39 Å². The van der Waals surface area contributed by atoms with Gasteiger partial charge in [-0.05, 0) is 18.2 Å². The van der Waals surface area contributed by atoms with Crippen molar-refractivity contribution in [2.45, 2.75) is 24.4 Å². The average Bonchev–Trinajstić information content (AvgIpc) is 3.03. The second kappa shape index (κ2) is 5.59. The first kappa shape index (κ1) is 14.2. The minimum absolute atomic E-state index is 0.111. The lowest BCUT2D eigenvalue weighted by atomic mass is 10.1. The van der Waals surface area contributed by atoms with Gasteiger partial charge in [0.2, 0.25) is 0 Å². The number of fused-ring (bicyclic) bond motifs is 1. The Labute approximate surface area is 120 Å². The highest BCUT2D eigenvalue weighted by atomic mass is 19.1. The van der Waals surface area contributed by atoms with Gasteiger partial charge in [0.1, 0.15) is 29.9 Å². The molecular formula is C14H16FNO5. The SMILES string of the molecule is COc1ccc(F)cc1C(=O)N[C@H]1CO[C@H]2[C@@H]1OC[C@H]2O. The molecule has 1 aromatic rings. The van der Waals surface area contributed by atoms with E-state index in [9.17, 15) is 14.3 Å². The van der Waals surface area contributed by atoms with Crippen molar-refractivity contribution in [3.05, 3.63) is 29.6 Å². The number of carbonyl (C=O) groups is 1. The molecule has 3 rings (SSSR count). The molecule has 2 saturated heterocycles. The number of aliphatic hydroxyl groups is 1. The Morgan fingerprint density at radius 1 is 1.38 bits per heavy atom. The molecule has 114 valence electrons. The van der Waals surface area contributed by atoms with E-state index >= 15 is 0 Å². The van der Waals surface area contributed by atoms with Crippen molar-refractivity contribution in [2.75, 3.05) is 20.3 Å². The smallest absolute Gasteiger partial charge is 0.255 e.